The van der Waals surface area contributed by atoms with Crippen molar-refractivity contribution in [2.45, 2.75) is 32.6 Å². The number of nitrogens with two attached hydrogens (primary N) is 1. The van der Waals surface area contributed by atoms with E-state index < -0.39 is 5.91 Å². The van der Waals surface area contributed by atoms with Crippen molar-refractivity contribution in [3.63, 3.8) is 0 Å². The number of rotatable bonds is 10. The minimum absolute atomic E-state index is 0.00737. The van der Waals surface area contributed by atoms with Gasteiger partial charge in [-0.2, -0.15) is 0 Å². The van der Waals surface area contributed by atoms with E-state index in [-0.39, 0.29) is 18.9 Å². The van der Waals surface area contributed by atoms with Crippen LogP contribution in [-0.2, 0) is 16.0 Å². The Labute approximate surface area is 154 Å². The van der Waals surface area contributed by atoms with Crippen molar-refractivity contribution in [1.82, 2.24) is 0 Å². The molecule has 0 aliphatic carbocycles. The fraction of sp³-hybridized carbons (Fsp3) is 0.333. The molecule has 0 heterocycles. The van der Waals surface area contributed by atoms with E-state index in [1.54, 1.807) is 24.3 Å². The van der Waals surface area contributed by atoms with Gasteiger partial charge in [-0.1, -0.05) is 37.3 Å². The van der Waals surface area contributed by atoms with Crippen LogP contribution >= 0.6 is 0 Å². The number of benzene rings is 2. The summed E-state index contributed by atoms with van der Waals surface area (Å²) in [6, 6.07) is 17.4. The average molecular weight is 354 g/mol. The van der Waals surface area contributed by atoms with Crippen LogP contribution in [0.4, 0.5) is 5.69 Å². The minimum Gasteiger partial charge on any atom is -0.493 e. The van der Waals surface area contributed by atoms with Crippen molar-refractivity contribution in [2.75, 3.05) is 11.9 Å². The topological polar surface area (TPSA) is 81.4 Å². The predicted octanol–water partition coefficient (Wildman–Crippen LogP) is 3.54. The fourth-order valence-corrected chi connectivity index (χ4v) is 2.59. The van der Waals surface area contributed by atoms with Crippen LogP contribution in [0.15, 0.2) is 54.6 Å². The van der Waals surface area contributed by atoms with Gasteiger partial charge in [-0.3, -0.25) is 9.59 Å². The third-order valence-corrected chi connectivity index (χ3v) is 4.06. The highest BCUT2D eigenvalue weighted by Crippen LogP contribution is 2.18. The minimum atomic E-state index is -0.393. The van der Waals surface area contributed by atoms with E-state index in [1.807, 2.05) is 18.2 Å². The second kappa shape index (κ2) is 10.2. The molecule has 2 amide bonds. The molecule has 2 aromatic rings. The SMILES string of the molecule is CC(CCc1ccccc1)CC(=O)Nc1ccc(OCCC(N)=O)cc1. The van der Waals surface area contributed by atoms with Gasteiger partial charge in [-0.05, 0) is 48.6 Å². The van der Waals surface area contributed by atoms with Gasteiger partial charge < -0.3 is 15.8 Å². The molecule has 0 radical (unpaired) electrons. The average Bonchev–Trinajstić information content (AvgIpc) is 2.62. The Balaban J connectivity index is 1.72. The fourth-order valence-electron chi connectivity index (χ4n) is 2.59. The summed E-state index contributed by atoms with van der Waals surface area (Å²) < 4.78 is 5.40. The van der Waals surface area contributed by atoms with Gasteiger partial charge in [0.25, 0.3) is 0 Å². The Morgan fingerprint density at radius 2 is 1.77 bits per heavy atom. The Morgan fingerprint density at radius 3 is 2.42 bits per heavy atom. The lowest BCUT2D eigenvalue weighted by Crippen LogP contribution is -2.16. The summed E-state index contributed by atoms with van der Waals surface area (Å²) in [6.45, 7) is 2.35. The molecule has 0 fully saturated rings. The molecule has 0 bridgehead atoms. The third kappa shape index (κ3) is 7.38. The van der Waals surface area contributed by atoms with Crippen LogP contribution in [-0.4, -0.2) is 18.4 Å². The van der Waals surface area contributed by atoms with Crippen molar-refractivity contribution in [2.24, 2.45) is 11.7 Å². The molecule has 0 saturated heterocycles. The maximum absolute atomic E-state index is 12.2. The maximum atomic E-state index is 12.2. The van der Waals surface area contributed by atoms with Gasteiger partial charge in [0.1, 0.15) is 5.75 Å². The van der Waals surface area contributed by atoms with Crippen molar-refractivity contribution >= 4 is 17.5 Å². The predicted molar refractivity (Wildman–Crippen MR) is 103 cm³/mol. The molecule has 0 spiro atoms. The third-order valence-electron chi connectivity index (χ3n) is 4.06. The summed E-state index contributed by atoms with van der Waals surface area (Å²) in [4.78, 5) is 22.8. The lowest BCUT2D eigenvalue weighted by Gasteiger charge is -2.12. The van der Waals surface area contributed by atoms with E-state index >= 15 is 0 Å². The molecule has 0 saturated carbocycles. The highest BCUT2D eigenvalue weighted by Gasteiger charge is 2.10. The molecule has 1 atom stereocenters. The second-order valence-corrected chi connectivity index (χ2v) is 6.47. The molecular formula is C21H26N2O3. The van der Waals surface area contributed by atoms with Crippen LogP contribution in [0, 0.1) is 5.92 Å². The number of amides is 2. The van der Waals surface area contributed by atoms with Crippen LogP contribution in [0.1, 0.15) is 31.7 Å². The number of carbonyl (C=O) groups is 2. The Morgan fingerprint density at radius 1 is 1.08 bits per heavy atom. The van der Waals surface area contributed by atoms with E-state index in [2.05, 4.69) is 24.4 Å². The molecule has 0 aliphatic rings. The summed E-state index contributed by atoms with van der Waals surface area (Å²) in [7, 11) is 0. The van der Waals surface area contributed by atoms with Crippen molar-refractivity contribution in [1.29, 1.82) is 0 Å². The maximum Gasteiger partial charge on any atom is 0.224 e. The number of primary amides is 1. The molecule has 3 N–H and O–H groups in total. The molecule has 0 aliphatic heterocycles. The number of hydrogen-bond acceptors (Lipinski definition) is 3. The molecule has 138 valence electrons. The lowest BCUT2D eigenvalue weighted by molar-refractivity contribution is -0.118. The van der Waals surface area contributed by atoms with Crippen molar-refractivity contribution in [3.05, 3.63) is 60.2 Å². The zero-order valence-electron chi connectivity index (χ0n) is 15.1. The van der Waals surface area contributed by atoms with Gasteiger partial charge >= 0.3 is 0 Å². The number of anilines is 1. The van der Waals surface area contributed by atoms with Gasteiger partial charge in [0.2, 0.25) is 11.8 Å². The molecule has 1 unspecified atom stereocenters. The van der Waals surface area contributed by atoms with E-state index in [0.29, 0.717) is 18.1 Å². The van der Waals surface area contributed by atoms with Gasteiger partial charge in [-0.15, -0.1) is 0 Å². The number of hydrogen-bond donors (Lipinski definition) is 2. The summed E-state index contributed by atoms with van der Waals surface area (Å²) in [5, 5.41) is 2.90. The van der Waals surface area contributed by atoms with Crippen molar-refractivity contribution < 1.29 is 14.3 Å². The number of ether oxygens (including phenoxy) is 1. The normalized spacial score (nSPS) is 11.6. The highest BCUT2D eigenvalue weighted by molar-refractivity contribution is 5.90. The quantitative estimate of drug-likeness (QED) is 0.685. The zero-order valence-corrected chi connectivity index (χ0v) is 15.1. The first-order chi connectivity index (χ1) is 12.5. The highest BCUT2D eigenvalue weighted by atomic mass is 16.5. The molecule has 2 aromatic carbocycles. The Hall–Kier alpha value is -2.82. The summed E-state index contributed by atoms with van der Waals surface area (Å²) >= 11 is 0. The van der Waals surface area contributed by atoms with Crippen LogP contribution in [0.2, 0.25) is 0 Å². The van der Waals surface area contributed by atoms with Gasteiger partial charge in [-0.25, -0.2) is 0 Å². The van der Waals surface area contributed by atoms with E-state index in [0.717, 1.165) is 18.5 Å². The van der Waals surface area contributed by atoms with E-state index in [4.69, 9.17) is 10.5 Å². The number of aryl methyl sites for hydroxylation is 1. The molecule has 2 rings (SSSR count). The molecule has 26 heavy (non-hydrogen) atoms. The lowest BCUT2D eigenvalue weighted by atomic mass is 9.98. The van der Waals surface area contributed by atoms with Crippen LogP contribution in [0.25, 0.3) is 0 Å². The van der Waals surface area contributed by atoms with Crippen LogP contribution < -0.4 is 15.8 Å². The Bertz CT molecular complexity index is 699. The number of carbonyl (C=O) groups excluding carboxylic acids is 2. The van der Waals surface area contributed by atoms with Gasteiger partial charge in [0.15, 0.2) is 0 Å². The van der Waals surface area contributed by atoms with Gasteiger partial charge in [0, 0.05) is 12.1 Å². The first-order valence-electron chi connectivity index (χ1n) is 8.88. The standard InChI is InChI=1S/C21H26N2O3/c1-16(7-8-17-5-3-2-4-6-17)15-21(25)23-18-9-11-19(12-10-18)26-14-13-20(22)24/h2-6,9-12,16H,7-8,13-15H2,1H3,(H2,22,24)(H,23,25). The van der Waals surface area contributed by atoms with Gasteiger partial charge in [0.05, 0.1) is 13.0 Å². The largest absolute Gasteiger partial charge is 0.493 e. The van der Waals surface area contributed by atoms with Crippen LogP contribution in [0.3, 0.4) is 0 Å². The second-order valence-electron chi connectivity index (χ2n) is 6.47. The van der Waals surface area contributed by atoms with Crippen LogP contribution in [0.5, 0.6) is 5.75 Å². The summed E-state index contributed by atoms with van der Waals surface area (Å²) in [5.74, 6) is 0.565. The first-order valence-corrected chi connectivity index (χ1v) is 8.88. The zero-order chi connectivity index (χ0) is 18.8. The first kappa shape index (κ1) is 19.5. The molecular weight excluding hydrogens is 328 g/mol. The monoisotopic (exact) mass is 354 g/mol. The van der Waals surface area contributed by atoms with E-state index in [1.165, 1.54) is 5.56 Å². The Kier molecular flexibility index (Phi) is 7.68. The number of nitrogens with one attached hydrogen (secondary N) is 1. The smallest absolute Gasteiger partial charge is 0.224 e. The summed E-state index contributed by atoms with van der Waals surface area (Å²) in [5.41, 5.74) is 7.09. The van der Waals surface area contributed by atoms with E-state index in [9.17, 15) is 9.59 Å². The summed E-state index contributed by atoms with van der Waals surface area (Å²) in [6.07, 6.45) is 2.62. The molecule has 5 heteroatoms. The van der Waals surface area contributed by atoms with Crippen molar-refractivity contribution in [3.8, 4) is 5.75 Å². The molecule has 5 nitrogen and oxygen atoms in total. The molecule has 0 aromatic heterocycles.